The second-order valence-corrected chi connectivity index (χ2v) is 6.99. The highest BCUT2D eigenvalue weighted by molar-refractivity contribution is 5.81. The largest absolute Gasteiger partial charge is 0.497 e. The van der Waals surface area contributed by atoms with Gasteiger partial charge in [-0.15, -0.1) is 0 Å². The summed E-state index contributed by atoms with van der Waals surface area (Å²) in [5, 5.41) is 0. The predicted octanol–water partition coefficient (Wildman–Crippen LogP) is 2.81. The fourth-order valence-corrected chi connectivity index (χ4v) is 3.70. The standard InChI is InChI=1S/C20H29NO4/c1-15(25-14-19-6-4-12-24-19)20(22)21-11-3-5-17(21)13-16-7-9-18(23-2)10-8-16/h7-10,15,17,19H,3-6,11-14H2,1-2H3/t15-,17-,19-/m0/s1. The molecule has 138 valence electrons. The van der Waals surface area contributed by atoms with E-state index in [0.717, 1.165) is 51.0 Å². The smallest absolute Gasteiger partial charge is 0.251 e. The molecular formula is C20H29NO4. The maximum Gasteiger partial charge on any atom is 0.251 e. The lowest BCUT2D eigenvalue weighted by atomic mass is 10.0. The van der Waals surface area contributed by atoms with Gasteiger partial charge in [-0.3, -0.25) is 4.79 Å². The summed E-state index contributed by atoms with van der Waals surface area (Å²) in [4.78, 5) is 14.8. The third kappa shape index (κ3) is 4.73. The van der Waals surface area contributed by atoms with Crippen molar-refractivity contribution in [3.05, 3.63) is 29.8 Å². The monoisotopic (exact) mass is 347 g/mol. The molecule has 0 bridgehead atoms. The van der Waals surface area contributed by atoms with Crippen LogP contribution in [0.3, 0.4) is 0 Å². The molecule has 0 aliphatic carbocycles. The number of hydrogen-bond acceptors (Lipinski definition) is 4. The highest BCUT2D eigenvalue weighted by Crippen LogP contribution is 2.24. The molecule has 0 unspecified atom stereocenters. The van der Waals surface area contributed by atoms with E-state index in [1.807, 2.05) is 24.0 Å². The van der Waals surface area contributed by atoms with E-state index in [1.54, 1.807) is 7.11 Å². The molecule has 0 N–H and O–H groups in total. The summed E-state index contributed by atoms with van der Waals surface area (Å²) in [5.41, 5.74) is 1.23. The highest BCUT2D eigenvalue weighted by atomic mass is 16.5. The normalized spacial score (nSPS) is 24.5. The third-order valence-electron chi connectivity index (χ3n) is 5.19. The Kier molecular flexibility index (Phi) is 6.32. The molecule has 1 aromatic rings. The van der Waals surface area contributed by atoms with Crippen LogP contribution in [0.2, 0.25) is 0 Å². The first-order valence-electron chi connectivity index (χ1n) is 9.34. The first-order valence-corrected chi connectivity index (χ1v) is 9.34. The van der Waals surface area contributed by atoms with Crippen molar-refractivity contribution >= 4 is 5.91 Å². The van der Waals surface area contributed by atoms with Crippen LogP contribution in [0.4, 0.5) is 0 Å². The number of likely N-dealkylation sites (tertiary alicyclic amines) is 1. The van der Waals surface area contributed by atoms with Gasteiger partial charge in [0.15, 0.2) is 0 Å². The van der Waals surface area contributed by atoms with Gasteiger partial charge in [-0.05, 0) is 56.7 Å². The van der Waals surface area contributed by atoms with Crippen LogP contribution in [0.5, 0.6) is 5.75 Å². The Morgan fingerprint density at radius 1 is 1.28 bits per heavy atom. The van der Waals surface area contributed by atoms with E-state index < -0.39 is 6.10 Å². The van der Waals surface area contributed by atoms with Crippen molar-refractivity contribution in [2.75, 3.05) is 26.9 Å². The molecule has 1 aromatic carbocycles. The van der Waals surface area contributed by atoms with E-state index in [-0.39, 0.29) is 18.1 Å². The first kappa shape index (κ1) is 18.2. The molecule has 5 nitrogen and oxygen atoms in total. The Hall–Kier alpha value is -1.59. The lowest BCUT2D eigenvalue weighted by molar-refractivity contribution is -0.145. The molecule has 2 aliphatic rings. The molecule has 5 heteroatoms. The topological polar surface area (TPSA) is 48.0 Å². The molecule has 0 aromatic heterocycles. The van der Waals surface area contributed by atoms with Gasteiger partial charge in [0.25, 0.3) is 5.91 Å². The Labute approximate surface area is 150 Å². The quantitative estimate of drug-likeness (QED) is 0.761. The van der Waals surface area contributed by atoms with E-state index in [2.05, 4.69) is 12.1 Å². The van der Waals surface area contributed by atoms with Crippen LogP contribution >= 0.6 is 0 Å². The molecule has 0 saturated carbocycles. The molecule has 2 heterocycles. The molecule has 3 rings (SSSR count). The molecule has 2 fully saturated rings. The zero-order chi connectivity index (χ0) is 17.6. The van der Waals surface area contributed by atoms with Gasteiger partial charge in [0.2, 0.25) is 0 Å². The first-order chi connectivity index (χ1) is 12.2. The van der Waals surface area contributed by atoms with Crippen LogP contribution in [0, 0.1) is 0 Å². The number of carbonyl (C=O) groups is 1. The van der Waals surface area contributed by atoms with E-state index in [0.29, 0.717) is 6.61 Å². The number of nitrogens with zero attached hydrogens (tertiary/aromatic N) is 1. The van der Waals surface area contributed by atoms with Gasteiger partial charge in [0, 0.05) is 19.2 Å². The molecule has 0 spiro atoms. The summed E-state index contributed by atoms with van der Waals surface area (Å²) < 4.78 is 16.6. The summed E-state index contributed by atoms with van der Waals surface area (Å²) in [6.07, 6.45) is 4.87. The van der Waals surface area contributed by atoms with Crippen molar-refractivity contribution in [3.63, 3.8) is 0 Å². The average molecular weight is 347 g/mol. The number of benzene rings is 1. The summed E-state index contributed by atoms with van der Waals surface area (Å²) >= 11 is 0. The number of rotatable bonds is 7. The van der Waals surface area contributed by atoms with Crippen molar-refractivity contribution in [2.45, 2.75) is 57.3 Å². The van der Waals surface area contributed by atoms with Gasteiger partial charge in [-0.25, -0.2) is 0 Å². The zero-order valence-electron chi connectivity index (χ0n) is 15.3. The van der Waals surface area contributed by atoms with Crippen LogP contribution in [0.15, 0.2) is 24.3 Å². The third-order valence-corrected chi connectivity index (χ3v) is 5.19. The molecule has 25 heavy (non-hydrogen) atoms. The fourth-order valence-electron chi connectivity index (χ4n) is 3.70. The van der Waals surface area contributed by atoms with Crippen molar-refractivity contribution in [1.82, 2.24) is 4.90 Å². The lowest BCUT2D eigenvalue weighted by Gasteiger charge is -2.28. The fraction of sp³-hybridized carbons (Fsp3) is 0.650. The number of ether oxygens (including phenoxy) is 3. The van der Waals surface area contributed by atoms with Gasteiger partial charge < -0.3 is 19.1 Å². The maximum absolute atomic E-state index is 12.8. The number of methoxy groups -OCH3 is 1. The van der Waals surface area contributed by atoms with Crippen molar-refractivity contribution < 1.29 is 19.0 Å². The summed E-state index contributed by atoms with van der Waals surface area (Å²) in [5.74, 6) is 0.966. The Bertz CT molecular complexity index is 553. The van der Waals surface area contributed by atoms with Crippen LogP contribution in [-0.4, -0.2) is 55.9 Å². The second-order valence-electron chi connectivity index (χ2n) is 6.99. The molecule has 0 radical (unpaired) electrons. The average Bonchev–Trinajstić information content (AvgIpc) is 3.31. The van der Waals surface area contributed by atoms with E-state index in [9.17, 15) is 4.79 Å². The minimum atomic E-state index is -0.402. The summed E-state index contributed by atoms with van der Waals surface area (Å²) in [6.45, 7) is 4.02. The van der Waals surface area contributed by atoms with Crippen molar-refractivity contribution in [2.24, 2.45) is 0 Å². The molecule has 2 saturated heterocycles. The number of carbonyl (C=O) groups excluding carboxylic acids is 1. The van der Waals surface area contributed by atoms with Gasteiger partial charge in [0.1, 0.15) is 11.9 Å². The maximum atomic E-state index is 12.8. The minimum Gasteiger partial charge on any atom is -0.497 e. The Morgan fingerprint density at radius 3 is 2.76 bits per heavy atom. The van der Waals surface area contributed by atoms with Crippen molar-refractivity contribution in [1.29, 1.82) is 0 Å². The second kappa shape index (κ2) is 8.68. The van der Waals surface area contributed by atoms with Crippen molar-refractivity contribution in [3.8, 4) is 5.75 Å². The molecule has 1 amide bonds. The van der Waals surface area contributed by atoms with Crippen LogP contribution in [-0.2, 0) is 20.7 Å². The SMILES string of the molecule is COc1ccc(C[C@@H]2CCCN2C(=O)[C@H](C)OC[C@@H]2CCCO2)cc1. The molecular weight excluding hydrogens is 318 g/mol. The van der Waals surface area contributed by atoms with Gasteiger partial charge in [0.05, 0.1) is 19.8 Å². The van der Waals surface area contributed by atoms with Gasteiger partial charge in [-0.1, -0.05) is 12.1 Å². The van der Waals surface area contributed by atoms with E-state index >= 15 is 0 Å². The molecule has 3 atom stereocenters. The minimum absolute atomic E-state index is 0.106. The number of hydrogen-bond donors (Lipinski definition) is 0. The summed E-state index contributed by atoms with van der Waals surface area (Å²) in [7, 11) is 1.67. The number of amides is 1. The van der Waals surface area contributed by atoms with E-state index in [4.69, 9.17) is 14.2 Å². The predicted molar refractivity (Wildman–Crippen MR) is 95.8 cm³/mol. The Balaban J connectivity index is 1.53. The Morgan fingerprint density at radius 2 is 2.08 bits per heavy atom. The molecule has 2 aliphatic heterocycles. The van der Waals surface area contributed by atoms with Crippen LogP contribution in [0.25, 0.3) is 0 Å². The summed E-state index contributed by atoms with van der Waals surface area (Å²) in [6, 6.07) is 8.37. The van der Waals surface area contributed by atoms with Gasteiger partial charge in [-0.2, -0.15) is 0 Å². The van der Waals surface area contributed by atoms with Crippen LogP contribution < -0.4 is 4.74 Å². The highest BCUT2D eigenvalue weighted by Gasteiger charge is 2.32. The van der Waals surface area contributed by atoms with Gasteiger partial charge >= 0.3 is 0 Å². The lowest BCUT2D eigenvalue weighted by Crippen LogP contribution is -2.43. The zero-order valence-corrected chi connectivity index (χ0v) is 15.3. The van der Waals surface area contributed by atoms with Crippen LogP contribution in [0.1, 0.15) is 38.2 Å². The van der Waals surface area contributed by atoms with E-state index in [1.165, 1.54) is 5.56 Å².